The minimum atomic E-state index is -0.151. The van der Waals surface area contributed by atoms with E-state index in [1.165, 1.54) is 0 Å². The van der Waals surface area contributed by atoms with Gasteiger partial charge in [-0.15, -0.1) is 0 Å². The number of hydrogen-bond donors (Lipinski definition) is 2. The fraction of sp³-hybridized carbons (Fsp3) is 0.353. The summed E-state index contributed by atoms with van der Waals surface area (Å²) in [5.74, 6) is 0.0600. The third-order valence-electron chi connectivity index (χ3n) is 3.72. The number of aromatic hydroxyl groups is 1. The van der Waals surface area contributed by atoms with E-state index in [1.807, 2.05) is 44.2 Å². The van der Waals surface area contributed by atoms with Gasteiger partial charge in [0.1, 0.15) is 5.75 Å². The second-order valence-corrected chi connectivity index (χ2v) is 5.08. The molecule has 112 valence electrons. The molecule has 1 aromatic heterocycles. The van der Waals surface area contributed by atoms with Crippen LogP contribution in [0.2, 0.25) is 0 Å². The zero-order chi connectivity index (χ0) is 15.4. The molecular formula is C17H22N2O2. The van der Waals surface area contributed by atoms with Gasteiger partial charge in [-0.25, -0.2) is 0 Å². The second kappa shape index (κ2) is 6.59. The quantitative estimate of drug-likeness (QED) is 0.888. The van der Waals surface area contributed by atoms with Crippen LogP contribution in [0.25, 0.3) is 11.3 Å². The van der Waals surface area contributed by atoms with Crippen LogP contribution in [-0.2, 0) is 7.05 Å². The Labute approximate surface area is 125 Å². The molecule has 0 aliphatic heterocycles. The van der Waals surface area contributed by atoms with Crippen LogP contribution in [0.15, 0.2) is 41.2 Å². The third-order valence-corrected chi connectivity index (χ3v) is 3.72. The molecule has 1 aromatic carbocycles. The van der Waals surface area contributed by atoms with Crippen molar-refractivity contribution in [3.8, 4) is 17.0 Å². The number of hydrogen-bond acceptors (Lipinski definition) is 3. The van der Waals surface area contributed by atoms with Crippen LogP contribution < -0.4 is 10.9 Å². The van der Waals surface area contributed by atoms with Crippen LogP contribution >= 0.6 is 0 Å². The Morgan fingerprint density at radius 2 is 1.90 bits per heavy atom. The molecule has 2 rings (SSSR count). The van der Waals surface area contributed by atoms with Crippen molar-refractivity contribution in [1.82, 2.24) is 9.88 Å². The highest BCUT2D eigenvalue weighted by atomic mass is 16.3. The van der Waals surface area contributed by atoms with Gasteiger partial charge in [-0.2, -0.15) is 0 Å². The third kappa shape index (κ3) is 3.00. The Morgan fingerprint density at radius 1 is 1.24 bits per heavy atom. The molecule has 0 bridgehead atoms. The summed E-state index contributed by atoms with van der Waals surface area (Å²) in [4.78, 5) is 12.6. The maximum absolute atomic E-state index is 12.6. The molecule has 0 saturated carbocycles. The zero-order valence-electron chi connectivity index (χ0n) is 12.8. The van der Waals surface area contributed by atoms with E-state index in [2.05, 4.69) is 5.32 Å². The minimum Gasteiger partial charge on any atom is -0.507 e. The zero-order valence-corrected chi connectivity index (χ0v) is 12.8. The van der Waals surface area contributed by atoms with Crippen molar-refractivity contribution in [1.29, 1.82) is 0 Å². The van der Waals surface area contributed by atoms with Crippen molar-refractivity contribution in [3.05, 3.63) is 52.3 Å². The summed E-state index contributed by atoms with van der Waals surface area (Å²) in [6.07, 6.45) is 0.751. The first-order valence-corrected chi connectivity index (χ1v) is 7.31. The molecule has 4 nitrogen and oxygen atoms in total. The molecule has 0 spiro atoms. The van der Waals surface area contributed by atoms with Gasteiger partial charge >= 0.3 is 0 Å². The van der Waals surface area contributed by atoms with Crippen LogP contribution in [0.5, 0.6) is 5.75 Å². The average molecular weight is 286 g/mol. The van der Waals surface area contributed by atoms with Crippen LogP contribution in [0, 0.1) is 0 Å². The van der Waals surface area contributed by atoms with Crippen molar-refractivity contribution in [2.75, 3.05) is 6.54 Å². The van der Waals surface area contributed by atoms with E-state index in [1.54, 1.807) is 17.7 Å². The van der Waals surface area contributed by atoms with Gasteiger partial charge in [-0.05, 0) is 18.5 Å². The number of rotatable bonds is 5. The molecule has 0 saturated heterocycles. The molecule has 0 aliphatic carbocycles. The summed E-state index contributed by atoms with van der Waals surface area (Å²) in [5.41, 5.74) is 1.92. The van der Waals surface area contributed by atoms with Crippen molar-refractivity contribution in [2.45, 2.75) is 26.3 Å². The van der Waals surface area contributed by atoms with Crippen molar-refractivity contribution in [2.24, 2.45) is 7.05 Å². The molecule has 2 aromatic rings. The minimum absolute atomic E-state index is 0.0600. The molecule has 21 heavy (non-hydrogen) atoms. The molecular weight excluding hydrogens is 264 g/mol. The molecule has 1 unspecified atom stereocenters. The summed E-state index contributed by atoms with van der Waals surface area (Å²) in [5, 5.41) is 13.6. The normalized spacial score (nSPS) is 12.3. The highest BCUT2D eigenvalue weighted by Gasteiger charge is 2.20. The van der Waals surface area contributed by atoms with Gasteiger partial charge in [0, 0.05) is 19.2 Å². The fourth-order valence-electron chi connectivity index (χ4n) is 2.61. The Bertz CT molecular complexity index is 662. The average Bonchev–Trinajstić information content (AvgIpc) is 2.51. The van der Waals surface area contributed by atoms with E-state index in [9.17, 15) is 9.90 Å². The van der Waals surface area contributed by atoms with Crippen LogP contribution in [0.4, 0.5) is 0 Å². The molecule has 2 N–H and O–H groups in total. The van der Waals surface area contributed by atoms with E-state index in [4.69, 9.17) is 0 Å². The van der Waals surface area contributed by atoms with E-state index in [-0.39, 0.29) is 17.4 Å². The molecule has 0 radical (unpaired) electrons. The van der Waals surface area contributed by atoms with Gasteiger partial charge in [0.25, 0.3) is 5.56 Å². The lowest BCUT2D eigenvalue weighted by Crippen LogP contribution is -2.30. The second-order valence-electron chi connectivity index (χ2n) is 5.08. The highest BCUT2D eigenvalue weighted by Crippen LogP contribution is 2.28. The van der Waals surface area contributed by atoms with Crippen LogP contribution in [0.1, 0.15) is 31.9 Å². The first-order chi connectivity index (χ1) is 10.1. The predicted molar refractivity (Wildman–Crippen MR) is 85.5 cm³/mol. The fourth-order valence-corrected chi connectivity index (χ4v) is 2.61. The van der Waals surface area contributed by atoms with E-state index < -0.39 is 0 Å². The van der Waals surface area contributed by atoms with Crippen LogP contribution in [-0.4, -0.2) is 16.2 Å². The lowest BCUT2D eigenvalue weighted by Gasteiger charge is -2.19. The largest absolute Gasteiger partial charge is 0.507 e. The number of aromatic nitrogens is 1. The van der Waals surface area contributed by atoms with Crippen molar-refractivity contribution >= 4 is 0 Å². The number of nitrogens with one attached hydrogen (secondary N) is 1. The van der Waals surface area contributed by atoms with E-state index in [0.29, 0.717) is 11.3 Å². The lowest BCUT2D eigenvalue weighted by atomic mass is 10.0. The number of nitrogens with zero attached hydrogens (tertiary/aromatic N) is 1. The molecule has 0 aliphatic rings. The molecule has 0 fully saturated rings. The van der Waals surface area contributed by atoms with Crippen LogP contribution in [0.3, 0.4) is 0 Å². The topological polar surface area (TPSA) is 54.3 Å². The van der Waals surface area contributed by atoms with Gasteiger partial charge in [0.15, 0.2) is 0 Å². The summed E-state index contributed by atoms with van der Waals surface area (Å²) in [7, 11) is 1.74. The smallest absolute Gasteiger partial charge is 0.259 e. The Hall–Kier alpha value is -2.07. The molecule has 0 amide bonds. The summed E-state index contributed by atoms with van der Waals surface area (Å²) < 4.78 is 1.60. The molecule has 1 atom stereocenters. The summed E-state index contributed by atoms with van der Waals surface area (Å²) in [6.45, 7) is 4.74. The summed E-state index contributed by atoms with van der Waals surface area (Å²) in [6, 6.07) is 11.2. The van der Waals surface area contributed by atoms with Crippen molar-refractivity contribution in [3.63, 3.8) is 0 Å². The van der Waals surface area contributed by atoms with Gasteiger partial charge in [-0.3, -0.25) is 4.79 Å². The predicted octanol–water partition coefficient (Wildman–Crippen LogP) is 2.82. The first-order valence-electron chi connectivity index (χ1n) is 7.31. The monoisotopic (exact) mass is 286 g/mol. The number of benzene rings is 1. The Balaban J connectivity index is 2.59. The maximum Gasteiger partial charge on any atom is 0.259 e. The van der Waals surface area contributed by atoms with E-state index >= 15 is 0 Å². The number of pyridine rings is 1. The standard InChI is InChI=1S/C17H22N2O2/c1-4-13(18-5-2)16-15(20)11-14(19(3)17(16)21)12-9-7-6-8-10-12/h6-11,13,18,20H,4-5H2,1-3H3. The van der Waals surface area contributed by atoms with Gasteiger partial charge < -0.3 is 15.0 Å². The highest BCUT2D eigenvalue weighted by molar-refractivity contribution is 5.62. The van der Waals surface area contributed by atoms with E-state index in [0.717, 1.165) is 18.5 Å². The first kappa shape index (κ1) is 15.3. The SMILES string of the molecule is CCNC(CC)c1c(O)cc(-c2ccccc2)n(C)c1=O. The van der Waals surface area contributed by atoms with Crippen molar-refractivity contribution < 1.29 is 5.11 Å². The van der Waals surface area contributed by atoms with Gasteiger partial charge in [-0.1, -0.05) is 44.2 Å². The van der Waals surface area contributed by atoms with Gasteiger partial charge in [0.2, 0.25) is 0 Å². The maximum atomic E-state index is 12.6. The molecule has 1 heterocycles. The summed E-state index contributed by atoms with van der Waals surface area (Å²) >= 11 is 0. The Kier molecular flexibility index (Phi) is 4.81. The molecule has 4 heteroatoms. The Morgan fingerprint density at radius 3 is 2.48 bits per heavy atom. The lowest BCUT2D eigenvalue weighted by molar-refractivity contribution is 0.438. The van der Waals surface area contributed by atoms with Gasteiger partial charge in [0.05, 0.1) is 11.3 Å².